The van der Waals surface area contributed by atoms with Crippen LogP contribution in [-0.4, -0.2) is 26.3 Å². The molecular formula is C20H24BrNO4S. The van der Waals surface area contributed by atoms with Gasteiger partial charge in [-0.2, -0.15) is 0 Å². The Morgan fingerprint density at radius 3 is 2.19 bits per heavy atom. The lowest BCUT2D eigenvalue weighted by molar-refractivity contribution is 0.193. The minimum absolute atomic E-state index is 0.0692. The molecule has 0 bridgehead atoms. The molecule has 146 valence electrons. The molecule has 2 rings (SSSR count). The number of hydrogen-bond donors (Lipinski definition) is 1. The standard InChI is InChI=1S/C20H24BrNO4S/c1-14(2)19(22-20(23)26-18-7-5-4-6-8-18)13-27(24,25)15(3)16-9-11-17(21)12-10-16/h4-12,14-15,19H,13H2,1-3H3,(H,22,23). The summed E-state index contributed by atoms with van der Waals surface area (Å²) in [6, 6.07) is 15.3. The van der Waals surface area contributed by atoms with Gasteiger partial charge in [0.15, 0.2) is 9.84 Å². The molecule has 2 unspecified atom stereocenters. The van der Waals surface area contributed by atoms with Gasteiger partial charge in [0.1, 0.15) is 5.75 Å². The van der Waals surface area contributed by atoms with E-state index in [-0.39, 0.29) is 11.7 Å². The van der Waals surface area contributed by atoms with E-state index in [4.69, 9.17) is 4.74 Å². The molecule has 2 atom stereocenters. The fourth-order valence-corrected chi connectivity index (χ4v) is 4.61. The summed E-state index contributed by atoms with van der Waals surface area (Å²) in [7, 11) is -3.47. The highest BCUT2D eigenvalue weighted by atomic mass is 79.9. The second-order valence-electron chi connectivity index (χ2n) is 6.72. The molecule has 0 aliphatic carbocycles. The Morgan fingerprint density at radius 1 is 1.04 bits per heavy atom. The summed E-state index contributed by atoms with van der Waals surface area (Å²) in [4.78, 5) is 12.2. The van der Waals surface area contributed by atoms with Gasteiger partial charge in [-0.1, -0.05) is 60.1 Å². The van der Waals surface area contributed by atoms with Gasteiger partial charge in [-0.3, -0.25) is 0 Å². The quantitative estimate of drug-likeness (QED) is 0.656. The number of halogens is 1. The van der Waals surface area contributed by atoms with Crippen molar-refractivity contribution in [1.29, 1.82) is 0 Å². The third kappa shape index (κ3) is 6.36. The number of ether oxygens (including phenoxy) is 1. The molecule has 0 saturated heterocycles. The third-order valence-electron chi connectivity index (χ3n) is 4.35. The Kier molecular flexibility index (Phi) is 7.44. The molecular weight excluding hydrogens is 430 g/mol. The van der Waals surface area contributed by atoms with E-state index in [1.807, 2.05) is 32.0 Å². The largest absolute Gasteiger partial charge is 0.412 e. The van der Waals surface area contributed by atoms with Gasteiger partial charge in [0.2, 0.25) is 0 Å². The molecule has 0 saturated carbocycles. The maximum Gasteiger partial charge on any atom is 0.412 e. The average Bonchev–Trinajstić information content (AvgIpc) is 2.61. The van der Waals surface area contributed by atoms with Crippen LogP contribution in [-0.2, 0) is 9.84 Å². The zero-order chi connectivity index (χ0) is 20.0. The first kappa shape index (κ1) is 21.4. The van der Waals surface area contributed by atoms with E-state index in [2.05, 4.69) is 21.2 Å². The number of benzene rings is 2. The molecule has 0 radical (unpaired) electrons. The lowest BCUT2D eigenvalue weighted by atomic mass is 10.1. The lowest BCUT2D eigenvalue weighted by Gasteiger charge is -2.24. The second kappa shape index (κ2) is 9.37. The molecule has 0 heterocycles. The summed E-state index contributed by atoms with van der Waals surface area (Å²) in [5, 5.41) is 2.02. The molecule has 27 heavy (non-hydrogen) atoms. The predicted octanol–water partition coefficient (Wildman–Crippen LogP) is 4.74. The highest BCUT2D eigenvalue weighted by Gasteiger charge is 2.29. The van der Waals surface area contributed by atoms with Gasteiger partial charge in [-0.25, -0.2) is 13.2 Å². The minimum Gasteiger partial charge on any atom is -0.410 e. The van der Waals surface area contributed by atoms with Crippen LogP contribution >= 0.6 is 15.9 Å². The maximum absolute atomic E-state index is 12.9. The van der Waals surface area contributed by atoms with Crippen molar-refractivity contribution in [2.24, 2.45) is 5.92 Å². The number of carbonyl (C=O) groups excluding carboxylic acids is 1. The van der Waals surface area contributed by atoms with Gasteiger partial charge >= 0.3 is 6.09 Å². The van der Waals surface area contributed by atoms with E-state index >= 15 is 0 Å². The number of sulfone groups is 1. The van der Waals surface area contributed by atoms with Crippen LogP contribution in [0.4, 0.5) is 4.79 Å². The van der Waals surface area contributed by atoms with Crippen molar-refractivity contribution in [3.05, 3.63) is 64.6 Å². The van der Waals surface area contributed by atoms with Crippen LogP contribution in [0, 0.1) is 5.92 Å². The first-order valence-corrected chi connectivity index (χ1v) is 11.2. The summed E-state index contributed by atoms with van der Waals surface area (Å²) in [6.07, 6.45) is -0.661. The summed E-state index contributed by atoms with van der Waals surface area (Å²) < 4.78 is 31.8. The molecule has 2 aromatic rings. The fraction of sp³-hybridized carbons (Fsp3) is 0.350. The summed E-state index contributed by atoms with van der Waals surface area (Å²) in [5.74, 6) is 0.176. The van der Waals surface area contributed by atoms with E-state index in [1.165, 1.54) is 0 Å². The number of hydrogen-bond acceptors (Lipinski definition) is 4. The predicted molar refractivity (Wildman–Crippen MR) is 111 cm³/mol. The van der Waals surface area contributed by atoms with Crippen molar-refractivity contribution in [2.75, 3.05) is 5.75 Å². The summed E-state index contributed by atoms with van der Waals surface area (Å²) >= 11 is 3.35. The number of para-hydroxylation sites is 1. The average molecular weight is 454 g/mol. The van der Waals surface area contributed by atoms with E-state index in [1.54, 1.807) is 43.3 Å². The summed E-state index contributed by atoms with van der Waals surface area (Å²) in [6.45, 7) is 5.40. The summed E-state index contributed by atoms with van der Waals surface area (Å²) in [5.41, 5.74) is 0.715. The van der Waals surface area contributed by atoms with Crippen LogP contribution in [0.2, 0.25) is 0 Å². The Bertz CT molecular complexity index is 851. The highest BCUT2D eigenvalue weighted by molar-refractivity contribution is 9.10. The maximum atomic E-state index is 12.9. The van der Waals surface area contributed by atoms with Crippen molar-refractivity contribution in [1.82, 2.24) is 5.32 Å². The van der Waals surface area contributed by atoms with E-state index in [9.17, 15) is 13.2 Å². The zero-order valence-corrected chi connectivity index (χ0v) is 18.0. The molecule has 0 aliphatic rings. The molecule has 1 amide bonds. The van der Waals surface area contributed by atoms with Crippen LogP contribution in [0.15, 0.2) is 59.1 Å². The van der Waals surface area contributed by atoms with Crippen LogP contribution in [0.3, 0.4) is 0 Å². The van der Waals surface area contributed by atoms with Crippen molar-refractivity contribution in [3.63, 3.8) is 0 Å². The lowest BCUT2D eigenvalue weighted by Crippen LogP contribution is -2.45. The third-order valence-corrected chi connectivity index (χ3v) is 7.05. The van der Waals surface area contributed by atoms with Crippen molar-refractivity contribution in [2.45, 2.75) is 32.1 Å². The van der Waals surface area contributed by atoms with E-state index in [0.29, 0.717) is 11.3 Å². The first-order valence-electron chi connectivity index (χ1n) is 8.69. The highest BCUT2D eigenvalue weighted by Crippen LogP contribution is 2.25. The smallest absolute Gasteiger partial charge is 0.410 e. The van der Waals surface area contributed by atoms with E-state index < -0.39 is 27.2 Å². The molecule has 5 nitrogen and oxygen atoms in total. The van der Waals surface area contributed by atoms with Crippen molar-refractivity contribution >= 4 is 31.9 Å². The Morgan fingerprint density at radius 2 is 1.63 bits per heavy atom. The molecule has 2 aromatic carbocycles. The topological polar surface area (TPSA) is 72.5 Å². The second-order valence-corrected chi connectivity index (χ2v) is 10.0. The van der Waals surface area contributed by atoms with Crippen LogP contribution in [0.1, 0.15) is 31.6 Å². The number of nitrogens with one attached hydrogen (secondary N) is 1. The van der Waals surface area contributed by atoms with Gasteiger partial charge in [0.25, 0.3) is 0 Å². The normalized spacial score (nSPS) is 13.8. The number of rotatable bonds is 7. The minimum atomic E-state index is -3.47. The molecule has 0 aromatic heterocycles. The van der Waals surface area contributed by atoms with Crippen molar-refractivity contribution < 1.29 is 17.9 Å². The van der Waals surface area contributed by atoms with E-state index in [0.717, 1.165) is 4.47 Å². The molecule has 7 heteroatoms. The van der Waals surface area contributed by atoms with Gasteiger partial charge in [0, 0.05) is 10.5 Å². The van der Waals surface area contributed by atoms with Crippen molar-refractivity contribution in [3.8, 4) is 5.75 Å². The van der Waals surface area contributed by atoms with Crippen LogP contribution in [0.25, 0.3) is 0 Å². The molecule has 1 N–H and O–H groups in total. The Hall–Kier alpha value is -1.86. The van der Waals surface area contributed by atoms with Gasteiger partial charge in [0.05, 0.1) is 11.0 Å². The van der Waals surface area contributed by atoms with Gasteiger partial charge < -0.3 is 10.1 Å². The zero-order valence-electron chi connectivity index (χ0n) is 15.6. The molecule has 0 spiro atoms. The SMILES string of the molecule is CC(C)C(CS(=O)(=O)C(C)c1ccc(Br)cc1)NC(=O)Oc1ccccc1. The van der Waals surface area contributed by atoms with Gasteiger partial charge in [-0.15, -0.1) is 0 Å². The fourth-order valence-electron chi connectivity index (χ4n) is 2.51. The molecule has 0 aliphatic heterocycles. The number of amides is 1. The monoisotopic (exact) mass is 453 g/mol. The Labute approximate surface area is 169 Å². The van der Waals surface area contributed by atoms with Gasteiger partial charge in [-0.05, 0) is 42.7 Å². The van der Waals surface area contributed by atoms with Crippen LogP contribution < -0.4 is 10.1 Å². The Balaban J connectivity index is 2.07. The van der Waals surface area contributed by atoms with Crippen LogP contribution in [0.5, 0.6) is 5.75 Å². The first-order chi connectivity index (χ1) is 12.7. The number of carbonyl (C=O) groups is 1. The molecule has 0 fully saturated rings.